The van der Waals surface area contributed by atoms with Gasteiger partial charge in [0.1, 0.15) is 0 Å². The minimum atomic E-state index is -0.169. The van der Waals surface area contributed by atoms with Gasteiger partial charge in [0.25, 0.3) is 0 Å². The summed E-state index contributed by atoms with van der Waals surface area (Å²) in [5, 5.41) is 1.34. The first kappa shape index (κ1) is 17.0. The summed E-state index contributed by atoms with van der Waals surface area (Å²) in [5.74, 6) is 4.94. The van der Waals surface area contributed by atoms with Gasteiger partial charge in [0.2, 0.25) is 5.91 Å². The third kappa shape index (κ3) is 4.56. The monoisotopic (exact) mass is 345 g/mol. The Labute approximate surface area is 146 Å². The van der Waals surface area contributed by atoms with Gasteiger partial charge in [-0.2, -0.15) is 0 Å². The molecular weight excluding hydrogens is 322 g/mol. The molecule has 1 aromatic heterocycles. The fourth-order valence-electron chi connectivity index (χ4n) is 2.78. The Morgan fingerprint density at radius 1 is 1.08 bits per heavy atom. The van der Waals surface area contributed by atoms with Crippen LogP contribution in [0, 0.1) is 0 Å². The zero-order valence-electron chi connectivity index (χ0n) is 13.7. The van der Waals surface area contributed by atoms with Crippen LogP contribution in [0.5, 0.6) is 0 Å². The lowest BCUT2D eigenvalue weighted by Gasteiger charge is -2.27. The van der Waals surface area contributed by atoms with Gasteiger partial charge in [-0.15, -0.1) is 11.3 Å². The van der Waals surface area contributed by atoms with Gasteiger partial charge < -0.3 is 9.64 Å². The van der Waals surface area contributed by atoms with Crippen LogP contribution in [0.3, 0.4) is 0 Å². The molecule has 0 unspecified atom stereocenters. The van der Waals surface area contributed by atoms with Gasteiger partial charge in [0.05, 0.1) is 24.6 Å². The zero-order chi connectivity index (χ0) is 16.8. The van der Waals surface area contributed by atoms with Crippen LogP contribution >= 0.6 is 11.3 Å². The van der Waals surface area contributed by atoms with Crippen LogP contribution in [0.4, 0.5) is 5.00 Å². The maximum atomic E-state index is 11.3. The molecule has 0 spiro atoms. The van der Waals surface area contributed by atoms with Crippen molar-refractivity contribution < 1.29 is 9.53 Å². The van der Waals surface area contributed by atoms with Crippen LogP contribution in [0.15, 0.2) is 36.4 Å². The Hall–Kier alpha value is -1.89. The highest BCUT2D eigenvalue weighted by Crippen LogP contribution is 2.27. The lowest BCUT2D eigenvalue weighted by Crippen LogP contribution is -2.35. The van der Waals surface area contributed by atoms with Crippen LogP contribution < -0.4 is 16.2 Å². The second-order valence-corrected chi connectivity index (χ2v) is 7.05. The highest BCUT2D eigenvalue weighted by atomic mass is 32.1. The molecule has 3 rings (SSSR count). The molecule has 0 atom stereocenters. The summed E-state index contributed by atoms with van der Waals surface area (Å²) >= 11 is 1.88. The lowest BCUT2D eigenvalue weighted by atomic mass is 10.1. The Balaban J connectivity index is 1.52. The number of nitrogens with zero attached hydrogens (tertiary/aromatic N) is 1. The number of nitrogens with two attached hydrogens (primary N) is 1. The molecule has 0 saturated carbocycles. The van der Waals surface area contributed by atoms with E-state index in [1.165, 1.54) is 15.4 Å². The largest absolute Gasteiger partial charge is 0.378 e. The molecule has 0 radical (unpaired) electrons. The van der Waals surface area contributed by atoms with Crippen molar-refractivity contribution in [3.63, 3.8) is 0 Å². The van der Waals surface area contributed by atoms with Gasteiger partial charge in [0.15, 0.2) is 0 Å². The van der Waals surface area contributed by atoms with E-state index in [1.807, 2.05) is 23.5 Å². The van der Waals surface area contributed by atoms with E-state index in [-0.39, 0.29) is 5.91 Å². The molecule has 1 fully saturated rings. The van der Waals surface area contributed by atoms with Gasteiger partial charge in [-0.1, -0.05) is 24.3 Å². The molecule has 1 saturated heterocycles. The molecule has 0 aliphatic carbocycles. The second-order valence-electron chi connectivity index (χ2n) is 5.90. The number of carbonyl (C=O) groups excluding carboxylic acids is 1. The number of benzene rings is 1. The highest BCUT2D eigenvalue weighted by molar-refractivity contribution is 7.16. The smallest absolute Gasteiger partial charge is 0.238 e. The molecule has 1 amide bonds. The molecule has 1 aliphatic rings. The van der Waals surface area contributed by atoms with Crippen molar-refractivity contribution in [2.75, 3.05) is 31.2 Å². The van der Waals surface area contributed by atoms with E-state index >= 15 is 0 Å². The van der Waals surface area contributed by atoms with Crippen molar-refractivity contribution in [1.29, 1.82) is 0 Å². The van der Waals surface area contributed by atoms with Crippen LogP contribution in [0.1, 0.15) is 16.0 Å². The fourth-order valence-corrected chi connectivity index (χ4v) is 3.84. The number of nitrogens with one attached hydrogen (secondary N) is 1. The van der Waals surface area contributed by atoms with Gasteiger partial charge in [-0.25, -0.2) is 5.84 Å². The van der Waals surface area contributed by atoms with Crippen LogP contribution in [-0.2, 0) is 28.8 Å². The number of hydrogen-bond donors (Lipinski definition) is 2. The second kappa shape index (κ2) is 8.28. The van der Waals surface area contributed by atoms with Crippen molar-refractivity contribution in [3.8, 4) is 0 Å². The average Bonchev–Trinajstić information content (AvgIpc) is 3.11. The minimum absolute atomic E-state index is 0.169. The van der Waals surface area contributed by atoms with Gasteiger partial charge >= 0.3 is 0 Å². The molecule has 6 heteroatoms. The van der Waals surface area contributed by atoms with Crippen molar-refractivity contribution >= 4 is 22.2 Å². The minimum Gasteiger partial charge on any atom is -0.378 e. The van der Waals surface area contributed by atoms with Crippen molar-refractivity contribution in [3.05, 3.63) is 52.4 Å². The van der Waals surface area contributed by atoms with E-state index in [0.29, 0.717) is 6.42 Å². The average molecular weight is 345 g/mol. The number of aryl methyl sites for hydroxylation is 2. The van der Waals surface area contributed by atoms with E-state index in [1.54, 1.807) is 0 Å². The highest BCUT2D eigenvalue weighted by Gasteiger charge is 2.13. The summed E-state index contributed by atoms with van der Waals surface area (Å²) in [5.41, 5.74) is 4.42. The first-order chi connectivity index (χ1) is 11.7. The summed E-state index contributed by atoms with van der Waals surface area (Å²) in [6, 6.07) is 12.6. The third-order valence-electron chi connectivity index (χ3n) is 4.18. The first-order valence-corrected chi connectivity index (χ1v) is 9.05. The molecule has 0 bridgehead atoms. The topological polar surface area (TPSA) is 67.6 Å². The summed E-state index contributed by atoms with van der Waals surface area (Å²) in [4.78, 5) is 15.1. The molecule has 5 nitrogen and oxygen atoms in total. The zero-order valence-corrected chi connectivity index (χ0v) is 14.5. The maximum absolute atomic E-state index is 11.3. The number of carbonyl (C=O) groups is 1. The molecule has 3 N–H and O–H groups in total. The molecule has 24 heavy (non-hydrogen) atoms. The number of amides is 1. The van der Waals surface area contributed by atoms with Crippen LogP contribution in [0.25, 0.3) is 0 Å². The predicted octanol–water partition coefficient (Wildman–Crippen LogP) is 1.90. The molecule has 128 valence electrons. The van der Waals surface area contributed by atoms with E-state index in [4.69, 9.17) is 10.6 Å². The SMILES string of the molecule is NNC(=O)Cc1ccc(CCc2ccc(N3CCOCC3)s2)cc1. The Kier molecular flexibility index (Phi) is 5.85. The molecular formula is C18H23N3O2S. The van der Waals surface area contributed by atoms with E-state index in [9.17, 15) is 4.79 Å². The van der Waals surface area contributed by atoms with Crippen molar-refractivity contribution in [1.82, 2.24) is 5.43 Å². The van der Waals surface area contributed by atoms with Crippen LogP contribution in [-0.4, -0.2) is 32.2 Å². The number of hydrogen-bond acceptors (Lipinski definition) is 5. The summed E-state index contributed by atoms with van der Waals surface area (Å²) in [7, 11) is 0. The normalized spacial score (nSPS) is 14.6. The number of ether oxygens (including phenoxy) is 1. The standard InChI is InChI=1S/C18H23N3O2S/c19-20-17(22)13-15-3-1-14(2-4-15)5-6-16-7-8-18(24-16)21-9-11-23-12-10-21/h1-4,7-8H,5-6,9-13,19H2,(H,20,22). The van der Waals surface area contributed by atoms with Crippen LogP contribution in [0.2, 0.25) is 0 Å². The third-order valence-corrected chi connectivity index (χ3v) is 5.38. The van der Waals surface area contributed by atoms with E-state index < -0.39 is 0 Å². The van der Waals surface area contributed by atoms with E-state index in [2.05, 4.69) is 34.6 Å². The van der Waals surface area contributed by atoms with Gasteiger partial charge in [-0.3, -0.25) is 10.2 Å². The number of morpholine rings is 1. The quantitative estimate of drug-likeness (QED) is 0.477. The molecule has 2 heterocycles. The van der Waals surface area contributed by atoms with E-state index in [0.717, 1.165) is 44.7 Å². The van der Waals surface area contributed by atoms with Crippen molar-refractivity contribution in [2.24, 2.45) is 5.84 Å². The maximum Gasteiger partial charge on any atom is 0.238 e. The summed E-state index contributed by atoms with van der Waals surface area (Å²) < 4.78 is 5.41. The number of rotatable bonds is 6. The number of hydrazine groups is 1. The Morgan fingerprint density at radius 3 is 2.50 bits per heavy atom. The molecule has 1 aliphatic heterocycles. The van der Waals surface area contributed by atoms with Crippen molar-refractivity contribution in [2.45, 2.75) is 19.3 Å². The number of anilines is 1. The number of thiophene rings is 1. The lowest BCUT2D eigenvalue weighted by molar-refractivity contribution is -0.120. The first-order valence-electron chi connectivity index (χ1n) is 8.23. The van der Waals surface area contributed by atoms with Gasteiger partial charge in [-0.05, 0) is 36.1 Å². The predicted molar refractivity (Wildman–Crippen MR) is 97.2 cm³/mol. The Morgan fingerprint density at radius 2 is 1.79 bits per heavy atom. The molecule has 2 aromatic rings. The Bertz CT molecular complexity index is 663. The summed E-state index contributed by atoms with van der Waals surface area (Å²) in [6.07, 6.45) is 2.37. The summed E-state index contributed by atoms with van der Waals surface area (Å²) in [6.45, 7) is 3.61. The van der Waals surface area contributed by atoms with Gasteiger partial charge in [0, 0.05) is 18.0 Å². The molecule has 1 aromatic carbocycles. The fraction of sp³-hybridized carbons (Fsp3) is 0.389.